The van der Waals surface area contributed by atoms with Crippen LogP contribution in [0.2, 0.25) is 0 Å². The first-order chi connectivity index (χ1) is 10.0. The monoisotopic (exact) mass is 307 g/mol. The molecule has 1 saturated carbocycles. The van der Waals surface area contributed by atoms with Gasteiger partial charge >= 0.3 is 5.97 Å². The van der Waals surface area contributed by atoms with Crippen LogP contribution in [-0.4, -0.2) is 29.3 Å². The van der Waals surface area contributed by atoms with E-state index in [4.69, 9.17) is 0 Å². The molecule has 2 rings (SSSR count). The van der Waals surface area contributed by atoms with Crippen LogP contribution in [0.25, 0.3) is 0 Å². The summed E-state index contributed by atoms with van der Waals surface area (Å²) in [5.41, 5.74) is 1.71. The molecule has 4 nitrogen and oxygen atoms in total. The van der Waals surface area contributed by atoms with Gasteiger partial charge < -0.3 is 10.4 Å². The fraction of sp³-hybridized carbons (Fsp3) is 0.500. The number of hydrogen-bond donors (Lipinski definition) is 2. The Morgan fingerprint density at radius 3 is 2.48 bits per heavy atom. The van der Waals surface area contributed by atoms with Crippen LogP contribution >= 0.6 is 11.8 Å². The summed E-state index contributed by atoms with van der Waals surface area (Å²) in [5, 5.41) is 11.9. The van der Waals surface area contributed by atoms with Gasteiger partial charge in [0.05, 0.1) is 11.2 Å². The molecular weight excluding hydrogens is 286 g/mol. The maximum atomic E-state index is 11.8. The van der Waals surface area contributed by atoms with E-state index >= 15 is 0 Å². The predicted molar refractivity (Wildman–Crippen MR) is 84.3 cm³/mol. The SMILES string of the molecule is Cc1ccc(CSCC(=O)NCC2(C(=O)O)CCC2)cc1. The van der Waals surface area contributed by atoms with Gasteiger partial charge in [-0.05, 0) is 25.3 Å². The number of hydrogen-bond acceptors (Lipinski definition) is 3. The quantitative estimate of drug-likeness (QED) is 0.812. The van der Waals surface area contributed by atoms with Gasteiger partial charge in [0, 0.05) is 12.3 Å². The second-order valence-corrected chi connectivity index (χ2v) is 6.68. The lowest BCUT2D eigenvalue weighted by Crippen LogP contribution is -2.47. The van der Waals surface area contributed by atoms with Crippen LogP contribution < -0.4 is 5.32 Å². The van der Waals surface area contributed by atoms with Crippen LogP contribution in [0.5, 0.6) is 0 Å². The third-order valence-electron chi connectivity index (χ3n) is 4.01. The number of carbonyl (C=O) groups excluding carboxylic acids is 1. The van der Waals surface area contributed by atoms with E-state index in [1.54, 1.807) is 11.8 Å². The van der Waals surface area contributed by atoms with Crippen molar-refractivity contribution < 1.29 is 14.7 Å². The predicted octanol–water partition coefficient (Wildman–Crippen LogP) is 2.60. The van der Waals surface area contributed by atoms with E-state index in [0.717, 1.165) is 12.2 Å². The highest BCUT2D eigenvalue weighted by Crippen LogP contribution is 2.40. The van der Waals surface area contributed by atoms with Crippen LogP contribution in [0.1, 0.15) is 30.4 Å². The van der Waals surface area contributed by atoms with E-state index in [1.165, 1.54) is 11.1 Å². The molecule has 0 radical (unpaired) electrons. The number of aryl methyl sites for hydroxylation is 1. The first-order valence-electron chi connectivity index (χ1n) is 7.15. The van der Waals surface area contributed by atoms with E-state index in [2.05, 4.69) is 29.6 Å². The van der Waals surface area contributed by atoms with Crippen molar-refractivity contribution >= 4 is 23.6 Å². The fourth-order valence-corrected chi connectivity index (χ4v) is 3.15. The molecule has 0 spiro atoms. The van der Waals surface area contributed by atoms with Gasteiger partial charge in [0.1, 0.15) is 0 Å². The molecule has 0 bridgehead atoms. The van der Waals surface area contributed by atoms with Gasteiger partial charge in [-0.25, -0.2) is 0 Å². The van der Waals surface area contributed by atoms with Crippen LogP contribution in [0.3, 0.4) is 0 Å². The summed E-state index contributed by atoms with van der Waals surface area (Å²) in [5.74, 6) is 0.280. The largest absolute Gasteiger partial charge is 0.481 e. The molecule has 0 saturated heterocycles. The number of carbonyl (C=O) groups is 2. The summed E-state index contributed by atoms with van der Waals surface area (Å²) in [6, 6.07) is 8.24. The Bertz CT molecular complexity index is 509. The van der Waals surface area contributed by atoms with Crippen molar-refractivity contribution in [2.45, 2.75) is 31.9 Å². The number of aliphatic carboxylic acids is 1. The fourth-order valence-electron chi connectivity index (χ4n) is 2.33. The second kappa shape index (κ2) is 6.98. The number of benzene rings is 1. The van der Waals surface area contributed by atoms with Gasteiger partial charge in [-0.2, -0.15) is 0 Å². The summed E-state index contributed by atoms with van der Waals surface area (Å²) in [7, 11) is 0. The summed E-state index contributed by atoms with van der Waals surface area (Å²) >= 11 is 1.55. The average molecular weight is 307 g/mol. The normalized spacial score (nSPS) is 16.0. The smallest absolute Gasteiger partial charge is 0.311 e. The Kier molecular flexibility index (Phi) is 5.28. The molecule has 1 aliphatic rings. The van der Waals surface area contributed by atoms with Crippen LogP contribution in [0.15, 0.2) is 24.3 Å². The molecule has 0 atom stereocenters. The van der Waals surface area contributed by atoms with E-state index in [1.807, 2.05) is 6.92 Å². The Labute approximate surface area is 129 Å². The lowest BCUT2D eigenvalue weighted by molar-refractivity contribution is -0.154. The molecule has 1 amide bonds. The van der Waals surface area contributed by atoms with E-state index < -0.39 is 11.4 Å². The van der Waals surface area contributed by atoms with Gasteiger partial charge in [-0.15, -0.1) is 11.8 Å². The van der Waals surface area contributed by atoms with Crippen molar-refractivity contribution in [3.63, 3.8) is 0 Å². The number of thioether (sulfide) groups is 1. The number of carboxylic acid groups (broad SMARTS) is 1. The van der Waals surface area contributed by atoms with Gasteiger partial charge in [0.25, 0.3) is 0 Å². The van der Waals surface area contributed by atoms with Gasteiger partial charge in [0.2, 0.25) is 5.91 Å². The van der Waals surface area contributed by atoms with Crippen molar-refractivity contribution in [2.75, 3.05) is 12.3 Å². The highest BCUT2D eigenvalue weighted by molar-refractivity contribution is 7.99. The Morgan fingerprint density at radius 1 is 1.29 bits per heavy atom. The molecule has 1 fully saturated rings. The zero-order valence-electron chi connectivity index (χ0n) is 12.2. The van der Waals surface area contributed by atoms with E-state index in [-0.39, 0.29) is 12.5 Å². The van der Waals surface area contributed by atoms with Crippen molar-refractivity contribution in [2.24, 2.45) is 5.41 Å². The van der Waals surface area contributed by atoms with Crippen molar-refractivity contribution in [3.8, 4) is 0 Å². The number of carboxylic acids is 1. The first-order valence-corrected chi connectivity index (χ1v) is 8.31. The van der Waals surface area contributed by atoms with Crippen molar-refractivity contribution in [1.29, 1.82) is 0 Å². The molecule has 0 aromatic heterocycles. The van der Waals surface area contributed by atoms with Crippen molar-refractivity contribution in [1.82, 2.24) is 5.32 Å². The molecule has 0 unspecified atom stereocenters. The topological polar surface area (TPSA) is 66.4 Å². The zero-order valence-corrected chi connectivity index (χ0v) is 13.0. The molecule has 1 aromatic rings. The Hall–Kier alpha value is -1.49. The lowest BCUT2D eigenvalue weighted by Gasteiger charge is -2.37. The zero-order chi connectivity index (χ0) is 15.3. The maximum Gasteiger partial charge on any atom is 0.311 e. The molecule has 1 aliphatic carbocycles. The highest BCUT2D eigenvalue weighted by atomic mass is 32.2. The molecule has 21 heavy (non-hydrogen) atoms. The number of rotatable bonds is 7. The second-order valence-electron chi connectivity index (χ2n) is 5.69. The number of amides is 1. The van der Waals surface area contributed by atoms with Crippen molar-refractivity contribution in [3.05, 3.63) is 35.4 Å². The highest BCUT2D eigenvalue weighted by Gasteiger charge is 2.44. The van der Waals surface area contributed by atoms with Crippen LogP contribution in [-0.2, 0) is 15.3 Å². The first kappa shape index (κ1) is 15.9. The molecule has 0 heterocycles. The van der Waals surface area contributed by atoms with E-state index in [0.29, 0.717) is 18.6 Å². The molecular formula is C16H21NO3S. The van der Waals surface area contributed by atoms with E-state index in [9.17, 15) is 14.7 Å². The molecule has 114 valence electrons. The summed E-state index contributed by atoms with van der Waals surface area (Å²) in [4.78, 5) is 23.0. The summed E-state index contributed by atoms with van der Waals surface area (Å²) in [6.07, 6.45) is 2.27. The third kappa shape index (κ3) is 4.24. The number of nitrogens with one attached hydrogen (secondary N) is 1. The lowest BCUT2D eigenvalue weighted by atomic mass is 9.69. The molecule has 1 aromatic carbocycles. The summed E-state index contributed by atoms with van der Waals surface area (Å²) in [6.45, 7) is 2.30. The maximum absolute atomic E-state index is 11.8. The minimum atomic E-state index is -0.790. The van der Waals surface area contributed by atoms with Crippen LogP contribution in [0.4, 0.5) is 0 Å². The minimum absolute atomic E-state index is 0.0837. The van der Waals surface area contributed by atoms with Gasteiger partial charge in [0.15, 0.2) is 0 Å². The molecule has 5 heteroatoms. The van der Waals surface area contributed by atoms with Crippen LogP contribution in [0, 0.1) is 12.3 Å². The van der Waals surface area contributed by atoms with Gasteiger partial charge in [-0.1, -0.05) is 36.2 Å². The molecule has 0 aliphatic heterocycles. The minimum Gasteiger partial charge on any atom is -0.481 e. The Balaban J connectivity index is 1.68. The average Bonchev–Trinajstić information content (AvgIpc) is 2.39. The third-order valence-corrected chi connectivity index (χ3v) is 5.01. The van der Waals surface area contributed by atoms with Gasteiger partial charge in [-0.3, -0.25) is 9.59 Å². The Morgan fingerprint density at radius 2 is 1.95 bits per heavy atom. The molecule has 2 N–H and O–H groups in total. The standard InChI is InChI=1S/C16H21NO3S/c1-12-3-5-13(6-4-12)9-21-10-14(18)17-11-16(15(19)20)7-2-8-16/h3-6H,2,7-11H2,1H3,(H,17,18)(H,19,20). The summed E-state index contributed by atoms with van der Waals surface area (Å²) < 4.78 is 0.